The molecule has 8 heteroatoms. The van der Waals surface area contributed by atoms with Crippen LogP contribution in [0.3, 0.4) is 0 Å². The number of nitrogens with zero attached hydrogens (tertiary/aromatic N) is 5. The predicted molar refractivity (Wildman–Crippen MR) is 173 cm³/mol. The van der Waals surface area contributed by atoms with Crippen LogP contribution < -0.4 is 9.64 Å². The number of ether oxygens (including phenoxy) is 1. The summed E-state index contributed by atoms with van der Waals surface area (Å²) in [5.41, 5.74) is 7.07. The van der Waals surface area contributed by atoms with Crippen molar-refractivity contribution in [2.75, 3.05) is 37.7 Å². The number of rotatable bonds is 6. The highest BCUT2D eigenvalue weighted by atomic mass is 35.5. The molecule has 8 rings (SSSR count). The number of amides is 1. The summed E-state index contributed by atoms with van der Waals surface area (Å²) in [6.07, 6.45) is 11.4. The van der Waals surface area contributed by atoms with Gasteiger partial charge in [-0.15, -0.1) is 0 Å². The molecule has 0 bridgehead atoms. The lowest BCUT2D eigenvalue weighted by Crippen LogP contribution is -2.63. The van der Waals surface area contributed by atoms with Crippen LogP contribution >= 0.6 is 11.6 Å². The lowest BCUT2D eigenvalue weighted by molar-refractivity contribution is -0.127. The van der Waals surface area contributed by atoms with Crippen LogP contribution in [0.5, 0.6) is 5.88 Å². The molecule has 1 amide bonds. The zero-order chi connectivity index (χ0) is 30.0. The van der Waals surface area contributed by atoms with Crippen LogP contribution in [0.1, 0.15) is 61.6 Å². The maximum Gasteiger partial charge on any atom is 0.246 e. The largest absolute Gasteiger partial charge is 0.475 e. The van der Waals surface area contributed by atoms with Crippen LogP contribution in [-0.2, 0) is 17.6 Å². The minimum absolute atomic E-state index is 0.0305. The quantitative estimate of drug-likeness (QED) is 0.307. The van der Waals surface area contributed by atoms with Gasteiger partial charge in [0.15, 0.2) is 0 Å². The lowest BCUT2D eigenvalue weighted by atomic mass is 9.85. The van der Waals surface area contributed by atoms with Crippen molar-refractivity contribution in [1.29, 1.82) is 5.26 Å². The molecule has 0 spiro atoms. The predicted octanol–water partition coefficient (Wildman–Crippen LogP) is 6.29. The molecular formula is C36H38ClN5O2. The molecular weight excluding hydrogens is 570 g/mol. The van der Waals surface area contributed by atoms with Gasteiger partial charge in [0, 0.05) is 29.1 Å². The van der Waals surface area contributed by atoms with E-state index in [0.29, 0.717) is 36.2 Å². The number of aromatic nitrogens is 1. The Labute approximate surface area is 264 Å². The fourth-order valence-corrected chi connectivity index (χ4v) is 9.19. The Morgan fingerprint density at radius 2 is 1.93 bits per heavy atom. The van der Waals surface area contributed by atoms with E-state index in [-0.39, 0.29) is 23.5 Å². The first kappa shape index (κ1) is 27.9. The molecule has 0 radical (unpaired) electrons. The summed E-state index contributed by atoms with van der Waals surface area (Å²) in [5.74, 6) is 0.379. The molecule has 2 aromatic carbocycles. The van der Waals surface area contributed by atoms with E-state index in [0.717, 1.165) is 67.3 Å². The zero-order valence-corrected chi connectivity index (χ0v) is 25.9. The number of halogens is 1. The highest BCUT2D eigenvalue weighted by molar-refractivity contribution is 6.34. The monoisotopic (exact) mass is 607 g/mol. The van der Waals surface area contributed by atoms with E-state index in [1.54, 1.807) is 0 Å². The number of hydrogen-bond acceptors (Lipinski definition) is 6. The minimum Gasteiger partial charge on any atom is -0.475 e. The third kappa shape index (κ3) is 4.25. The van der Waals surface area contributed by atoms with Crippen molar-refractivity contribution in [1.82, 2.24) is 14.8 Å². The zero-order valence-electron chi connectivity index (χ0n) is 25.2. The van der Waals surface area contributed by atoms with E-state index in [9.17, 15) is 10.1 Å². The summed E-state index contributed by atoms with van der Waals surface area (Å²) in [7, 11) is 0. The number of aryl methyl sites for hydroxylation is 1. The SMILES string of the molecule is C=CC(=O)N1CC[C@@H]2[C@H]1CN2c1c(C#N)c(OCC23CCCN2CCC3)nc2cc(-c3cccc4c3CCCC4)c(Cl)cc12. The molecule has 5 aliphatic rings. The molecule has 0 N–H and O–H groups in total. The fourth-order valence-electron chi connectivity index (χ4n) is 8.92. The molecule has 44 heavy (non-hydrogen) atoms. The maximum absolute atomic E-state index is 12.5. The molecule has 2 atom stereocenters. The van der Waals surface area contributed by atoms with E-state index in [1.165, 1.54) is 48.4 Å². The molecule has 1 aromatic heterocycles. The van der Waals surface area contributed by atoms with Crippen LogP contribution in [0, 0.1) is 11.3 Å². The topological polar surface area (TPSA) is 72.7 Å². The number of likely N-dealkylation sites (tertiary alicyclic amines) is 1. The van der Waals surface area contributed by atoms with Gasteiger partial charge < -0.3 is 14.5 Å². The van der Waals surface area contributed by atoms with Crippen LogP contribution in [-0.4, -0.2) is 71.1 Å². The maximum atomic E-state index is 12.5. The van der Waals surface area contributed by atoms with Gasteiger partial charge in [0.2, 0.25) is 11.8 Å². The number of hydrogen-bond donors (Lipinski definition) is 0. The van der Waals surface area contributed by atoms with Crippen LogP contribution in [0.15, 0.2) is 43.0 Å². The molecule has 0 unspecified atom stereocenters. The Kier molecular flexibility index (Phi) is 6.84. The smallest absolute Gasteiger partial charge is 0.246 e. The van der Waals surface area contributed by atoms with E-state index in [4.69, 9.17) is 21.3 Å². The van der Waals surface area contributed by atoms with Crippen molar-refractivity contribution in [3.8, 4) is 23.1 Å². The standard InChI is InChI=1S/C36H38ClN5O2/c1-2-33(43)41-17-12-31-32(41)21-42(31)34-27-18-29(37)26(25-11-5-9-23-8-3-4-10-24(23)25)19-30(27)39-35(28(34)20-38)44-22-36-13-6-15-40(36)16-7-14-36/h2,5,9,11,18-19,31-32H,1,3-4,6-8,10,12-17,21-22H2/t31-,32-/m1/s1. The Bertz CT molecular complexity index is 1720. The molecule has 5 heterocycles. The average molecular weight is 608 g/mol. The Morgan fingerprint density at radius 3 is 2.73 bits per heavy atom. The normalized spacial score (nSPS) is 23.5. The first-order chi connectivity index (χ1) is 21.5. The van der Waals surface area contributed by atoms with Gasteiger partial charge in [0.05, 0.1) is 28.8 Å². The Balaban J connectivity index is 1.25. The van der Waals surface area contributed by atoms with Gasteiger partial charge >= 0.3 is 0 Å². The number of benzene rings is 2. The minimum atomic E-state index is -0.0305. The van der Waals surface area contributed by atoms with E-state index in [1.807, 2.05) is 11.0 Å². The van der Waals surface area contributed by atoms with Crippen LogP contribution in [0.4, 0.5) is 5.69 Å². The first-order valence-electron chi connectivity index (χ1n) is 16.3. The summed E-state index contributed by atoms with van der Waals surface area (Å²) in [6.45, 7) is 7.82. The van der Waals surface area contributed by atoms with E-state index >= 15 is 0 Å². The number of carbonyl (C=O) groups is 1. The Hall–Kier alpha value is -3.60. The molecule has 4 fully saturated rings. The van der Waals surface area contributed by atoms with Gasteiger partial charge in [0.1, 0.15) is 18.2 Å². The van der Waals surface area contributed by atoms with Gasteiger partial charge in [-0.1, -0.05) is 36.4 Å². The van der Waals surface area contributed by atoms with Crippen molar-refractivity contribution in [2.24, 2.45) is 0 Å². The molecule has 4 saturated heterocycles. The molecule has 3 aromatic rings. The number of pyridine rings is 1. The van der Waals surface area contributed by atoms with Gasteiger partial charge in [-0.2, -0.15) is 5.26 Å². The first-order valence-corrected chi connectivity index (χ1v) is 16.7. The van der Waals surface area contributed by atoms with Crippen molar-refractivity contribution < 1.29 is 9.53 Å². The fraction of sp³-hybridized carbons (Fsp3) is 0.472. The number of carbonyl (C=O) groups excluding carboxylic acids is 1. The van der Waals surface area contributed by atoms with E-state index in [2.05, 4.69) is 46.7 Å². The highest BCUT2D eigenvalue weighted by Gasteiger charge is 2.50. The van der Waals surface area contributed by atoms with Crippen LogP contribution in [0.2, 0.25) is 5.02 Å². The Morgan fingerprint density at radius 1 is 1.11 bits per heavy atom. The number of anilines is 1. The summed E-state index contributed by atoms with van der Waals surface area (Å²) < 4.78 is 6.63. The third-order valence-corrected chi connectivity index (χ3v) is 11.5. The molecule has 226 valence electrons. The van der Waals surface area contributed by atoms with Gasteiger partial charge in [-0.3, -0.25) is 9.69 Å². The van der Waals surface area contributed by atoms with Crippen molar-refractivity contribution >= 4 is 34.1 Å². The summed E-state index contributed by atoms with van der Waals surface area (Å²) in [4.78, 5) is 24.4. The lowest BCUT2D eigenvalue weighted by Gasteiger charge is -2.48. The average Bonchev–Trinajstić information content (AvgIpc) is 3.72. The number of nitriles is 1. The highest BCUT2D eigenvalue weighted by Crippen LogP contribution is 2.47. The summed E-state index contributed by atoms with van der Waals surface area (Å²) in [5, 5.41) is 12.2. The second kappa shape index (κ2) is 10.8. The van der Waals surface area contributed by atoms with E-state index < -0.39 is 0 Å². The summed E-state index contributed by atoms with van der Waals surface area (Å²) >= 11 is 7.13. The second-order valence-corrected chi connectivity index (χ2v) is 13.7. The molecule has 1 aliphatic carbocycles. The molecule has 4 aliphatic heterocycles. The number of fused-ring (bicyclic) bond motifs is 4. The second-order valence-electron chi connectivity index (χ2n) is 13.3. The van der Waals surface area contributed by atoms with Gasteiger partial charge in [0.25, 0.3) is 0 Å². The molecule has 7 nitrogen and oxygen atoms in total. The summed E-state index contributed by atoms with van der Waals surface area (Å²) in [6, 6.07) is 13.4. The van der Waals surface area contributed by atoms with Crippen molar-refractivity contribution in [3.63, 3.8) is 0 Å². The third-order valence-electron chi connectivity index (χ3n) is 11.1. The van der Waals surface area contributed by atoms with Gasteiger partial charge in [-0.25, -0.2) is 4.98 Å². The van der Waals surface area contributed by atoms with Crippen molar-refractivity contribution in [3.05, 3.63) is 64.7 Å². The van der Waals surface area contributed by atoms with Gasteiger partial charge in [-0.05, 0) is 106 Å². The van der Waals surface area contributed by atoms with Crippen LogP contribution in [0.25, 0.3) is 22.0 Å². The molecule has 0 saturated carbocycles. The van der Waals surface area contributed by atoms with Crippen molar-refractivity contribution in [2.45, 2.75) is 75.4 Å².